The van der Waals surface area contributed by atoms with Crippen molar-refractivity contribution in [1.29, 1.82) is 0 Å². The number of hydrogen-bond acceptors (Lipinski definition) is 6. The van der Waals surface area contributed by atoms with Crippen LogP contribution in [0.15, 0.2) is 0 Å². The van der Waals surface area contributed by atoms with Gasteiger partial charge in [-0.05, 0) is 108 Å². The van der Waals surface area contributed by atoms with Gasteiger partial charge in [0.15, 0.2) is 0 Å². The molecule has 240 valence electrons. The third-order valence-electron chi connectivity index (χ3n) is 9.44. The second-order valence-corrected chi connectivity index (χ2v) is 13.7. The molecule has 0 saturated carbocycles. The van der Waals surface area contributed by atoms with Crippen molar-refractivity contribution in [3.63, 3.8) is 0 Å². The van der Waals surface area contributed by atoms with Crippen LogP contribution in [0.2, 0.25) is 0 Å². The van der Waals surface area contributed by atoms with Gasteiger partial charge >= 0.3 is 5.97 Å². The van der Waals surface area contributed by atoms with Gasteiger partial charge < -0.3 is 30.1 Å². The minimum absolute atomic E-state index is 0.143. The molecule has 0 fully saturated rings. The first kappa shape index (κ1) is 34.6. The van der Waals surface area contributed by atoms with Gasteiger partial charge in [0.2, 0.25) is 5.60 Å². The second-order valence-electron chi connectivity index (χ2n) is 13.7. The monoisotopic (exact) mass is 597 g/mol. The van der Waals surface area contributed by atoms with Gasteiger partial charge in [0.25, 0.3) is 0 Å². The average molecular weight is 598 g/mol. The van der Waals surface area contributed by atoms with Crippen LogP contribution in [0.1, 0.15) is 130 Å². The summed E-state index contributed by atoms with van der Waals surface area (Å²) < 4.78 is 12.3. The SMILES string of the molecule is CCCCNCC1(C)CCc2c(C)c(O)c(C)c(C)c2O1.Cc1c2c(c(C(C)C)c(O)c1C(C)C)CCC(C)(C(=O)O)O2. The molecule has 2 atom stereocenters. The van der Waals surface area contributed by atoms with E-state index in [1.165, 1.54) is 18.4 Å². The van der Waals surface area contributed by atoms with Crippen LogP contribution in [0.4, 0.5) is 0 Å². The Balaban J connectivity index is 0.000000236. The molecule has 7 heteroatoms. The number of unbranched alkanes of at least 4 members (excludes halogenated alkanes) is 1. The Labute approximate surface area is 259 Å². The maximum absolute atomic E-state index is 11.5. The Kier molecular flexibility index (Phi) is 10.7. The highest BCUT2D eigenvalue weighted by molar-refractivity contribution is 5.78. The number of fused-ring (bicyclic) bond motifs is 2. The summed E-state index contributed by atoms with van der Waals surface area (Å²) in [6, 6.07) is 0. The maximum Gasteiger partial charge on any atom is 0.347 e. The van der Waals surface area contributed by atoms with Gasteiger partial charge in [0, 0.05) is 35.2 Å². The predicted molar refractivity (Wildman–Crippen MR) is 173 cm³/mol. The Hall–Kier alpha value is -2.93. The van der Waals surface area contributed by atoms with Gasteiger partial charge in [0.05, 0.1) is 0 Å². The molecule has 43 heavy (non-hydrogen) atoms. The molecule has 2 heterocycles. The highest BCUT2D eigenvalue weighted by Crippen LogP contribution is 2.48. The first-order chi connectivity index (χ1) is 20.0. The summed E-state index contributed by atoms with van der Waals surface area (Å²) in [5, 5.41) is 33.9. The molecule has 0 saturated heterocycles. The number of phenols is 2. The summed E-state index contributed by atoms with van der Waals surface area (Å²) in [4.78, 5) is 11.5. The van der Waals surface area contributed by atoms with Crippen molar-refractivity contribution >= 4 is 5.97 Å². The summed E-state index contributed by atoms with van der Waals surface area (Å²) in [6.07, 6.45) is 5.40. The molecule has 0 bridgehead atoms. The molecular formula is C36H55NO6. The number of nitrogens with one attached hydrogen (secondary N) is 1. The number of aliphatic carboxylic acids is 1. The number of ether oxygens (including phenoxy) is 2. The van der Waals surface area contributed by atoms with E-state index < -0.39 is 11.6 Å². The van der Waals surface area contributed by atoms with Crippen LogP contribution >= 0.6 is 0 Å². The zero-order chi connectivity index (χ0) is 32.4. The van der Waals surface area contributed by atoms with Crippen molar-refractivity contribution in [2.24, 2.45) is 0 Å². The van der Waals surface area contributed by atoms with Crippen LogP contribution in [0, 0.1) is 27.7 Å². The van der Waals surface area contributed by atoms with Gasteiger partial charge in [0.1, 0.15) is 28.6 Å². The molecule has 7 nitrogen and oxygen atoms in total. The summed E-state index contributed by atoms with van der Waals surface area (Å²) >= 11 is 0. The van der Waals surface area contributed by atoms with Crippen LogP contribution in [-0.2, 0) is 17.6 Å². The Bertz CT molecular complexity index is 1350. The van der Waals surface area contributed by atoms with Crippen LogP contribution in [-0.4, -0.2) is 45.6 Å². The van der Waals surface area contributed by atoms with Crippen molar-refractivity contribution < 1.29 is 29.6 Å². The zero-order valence-electron chi connectivity index (χ0n) is 28.4. The molecule has 0 aliphatic carbocycles. The maximum atomic E-state index is 11.5. The van der Waals surface area contributed by atoms with Crippen molar-refractivity contribution in [3.05, 3.63) is 44.5 Å². The molecule has 0 radical (unpaired) electrons. The lowest BCUT2D eigenvalue weighted by Crippen LogP contribution is -2.46. The first-order valence-electron chi connectivity index (χ1n) is 16.0. The van der Waals surface area contributed by atoms with Crippen molar-refractivity contribution in [3.8, 4) is 23.0 Å². The fraction of sp³-hybridized carbons (Fsp3) is 0.639. The van der Waals surface area contributed by atoms with Crippen LogP contribution < -0.4 is 14.8 Å². The van der Waals surface area contributed by atoms with Gasteiger partial charge in [-0.3, -0.25) is 0 Å². The standard InChI is InChI=1S/C18H29NO2.C18H26O4/c1-6-7-10-19-11-18(5)9-8-15-14(4)16(20)12(2)13(3)17(15)21-18;1-9(2)13-11(5)16-12(14(10(3)4)15(13)19)7-8-18(6,22-16)17(20)21/h19-20H,6-11H2,1-5H3;9-10,19H,7-8H2,1-6H3,(H,20,21). The van der Waals surface area contributed by atoms with E-state index in [0.717, 1.165) is 70.6 Å². The fourth-order valence-corrected chi connectivity index (χ4v) is 6.52. The summed E-state index contributed by atoms with van der Waals surface area (Å²) in [5.74, 6) is 1.79. The first-order valence-corrected chi connectivity index (χ1v) is 16.0. The molecule has 2 aliphatic heterocycles. The van der Waals surface area contributed by atoms with Crippen LogP contribution in [0.3, 0.4) is 0 Å². The van der Waals surface area contributed by atoms with Crippen molar-refractivity contribution in [1.82, 2.24) is 5.32 Å². The molecule has 2 aromatic rings. The van der Waals surface area contributed by atoms with E-state index in [4.69, 9.17) is 9.47 Å². The molecule has 4 rings (SSSR count). The lowest BCUT2D eigenvalue weighted by atomic mass is 9.81. The summed E-state index contributed by atoms with van der Waals surface area (Å²) in [6.45, 7) is 24.0. The highest BCUT2D eigenvalue weighted by Gasteiger charge is 2.42. The summed E-state index contributed by atoms with van der Waals surface area (Å²) in [7, 11) is 0. The molecule has 2 aromatic carbocycles. The molecule has 0 spiro atoms. The van der Waals surface area contributed by atoms with Crippen molar-refractivity contribution in [2.75, 3.05) is 13.1 Å². The molecule has 2 unspecified atom stereocenters. The topological polar surface area (TPSA) is 108 Å². The molecule has 0 aromatic heterocycles. The third-order valence-corrected chi connectivity index (χ3v) is 9.44. The Morgan fingerprint density at radius 3 is 1.95 bits per heavy atom. The molecule has 0 amide bonds. The van der Waals surface area contributed by atoms with Gasteiger partial charge in [-0.1, -0.05) is 41.0 Å². The zero-order valence-corrected chi connectivity index (χ0v) is 28.4. The average Bonchev–Trinajstić information content (AvgIpc) is 2.93. The van der Waals surface area contributed by atoms with E-state index in [0.29, 0.717) is 30.1 Å². The van der Waals surface area contributed by atoms with Gasteiger partial charge in [-0.25, -0.2) is 4.79 Å². The minimum Gasteiger partial charge on any atom is -0.507 e. The fourth-order valence-electron chi connectivity index (χ4n) is 6.52. The number of aromatic hydroxyl groups is 2. The smallest absolute Gasteiger partial charge is 0.347 e. The Morgan fingerprint density at radius 2 is 1.40 bits per heavy atom. The number of phenolic OH excluding ortho intramolecular Hbond substituents is 2. The third kappa shape index (κ3) is 6.92. The summed E-state index contributed by atoms with van der Waals surface area (Å²) in [5.41, 5.74) is 6.41. The van der Waals surface area contributed by atoms with Gasteiger partial charge in [-0.2, -0.15) is 0 Å². The number of carboxylic acids is 1. The van der Waals surface area contributed by atoms with E-state index in [1.807, 2.05) is 55.4 Å². The molecule has 4 N–H and O–H groups in total. The largest absolute Gasteiger partial charge is 0.507 e. The number of carboxylic acid groups (broad SMARTS) is 1. The number of hydrogen-bond donors (Lipinski definition) is 4. The minimum atomic E-state index is -1.20. The van der Waals surface area contributed by atoms with Gasteiger partial charge in [-0.15, -0.1) is 0 Å². The lowest BCUT2D eigenvalue weighted by Gasteiger charge is -2.38. The quantitative estimate of drug-likeness (QED) is 0.229. The van der Waals surface area contributed by atoms with E-state index in [-0.39, 0.29) is 17.4 Å². The number of rotatable bonds is 8. The number of carbonyl (C=O) groups is 1. The van der Waals surface area contributed by atoms with E-state index >= 15 is 0 Å². The normalized spacial score (nSPS) is 21.0. The number of benzene rings is 2. The lowest BCUT2D eigenvalue weighted by molar-refractivity contribution is -0.155. The van der Waals surface area contributed by atoms with Crippen LogP contribution in [0.5, 0.6) is 23.0 Å². The second kappa shape index (κ2) is 13.4. The van der Waals surface area contributed by atoms with E-state index in [1.54, 1.807) is 6.92 Å². The molecular weight excluding hydrogens is 542 g/mol. The van der Waals surface area contributed by atoms with E-state index in [9.17, 15) is 20.1 Å². The predicted octanol–water partition coefficient (Wildman–Crippen LogP) is 7.91. The highest BCUT2D eigenvalue weighted by atomic mass is 16.5. The Morgan fingerprint density at radius 1 is 0.814 bits per heavy atom. The van der Waals surface area contributed by atoms with E-state index in [2.05, 4.69) is 19.2 Å². The van der Waals surface area contributed by atoms with Crippen molar-refractivity contribution in [2.45, 2.75) is 138 Å². The molecule has 2 aliphatic rings. The van der Waals surface area contributed by atoms with Crippen LogP contribution in [0.25, 0.3) is 0 Å².